The second kappa shape index (κ2) is 6.73. The molecule has 0 aliphatic carbocycles. The van der Waals surface area contributed by atoms with E-state index in [0.29, 0.717) is 0 Å². The van der Waals surface area contributed by atoms with E-state index in [-0.39, 0.29) is 17.1 Å². The average molecular weight is 284 g/mol. The van der Waals surface area contributed by atoms with Gasteiger partial charge in [-0.1, -0.05) is 0 Å². The smallest absolute Gasteiger partial charge is 0.0564 e. The Labute approximate surface area is 123 Å². The van der Waals surface area contributed by atoms with Crippen LogP contribution in [0.3, 0.4) is 0 Å². The molecule has 4 nitrogen and oxygen atoms in total. The molecule has 2 aliphatic heterocycles. The first-order valence-electron chi connectivity index (χ1n) is 8.12. The monoisotopic (exact) mass is 284 g/mol. The van der Waals surface area contributed by atoms with E-state index in [1.165, 1.54) is 12.8 Å². The molecule has 2 fully saturated rings. The number of aliphatic hydroxyl groups excluding tert-OH is 1. The molecule has 0 bridgehead atoms. The molecule has 118 valence electrons. The third-order valence-corrected chi connectivity index (χ3v) is 4.51. The fourth-order valence-electron chi connectivity index (χ4n) is 3.23. The molecule has 4 heteroatoms. The number of hydrogen-bond acceptors (Lipinski definition) is 4. The zero-order valence-electron chi connectivity index (χ0n) is 13.5. The zero-order chi connectivity index (χ0) is 14.6. The summed E-state index contributed by atoms with van der Waals surface area (Å²) < 4.78 is 5.80. The molecule has 0 radical (unpaired) electrons. The van der Waals surface area contributed by atoms with Crippen LogP contribution in [0, 0.1) is 5.41 Å². The zero-order valence-corrected chi connectivity index (χ0v) is 13.5. The lowest BCUT2D eigenvalue weighted by molar-refractivity contribution is -0.0372. The Kier molecular flexibility index (Phi) is 5.46. The normalized spacial score (nSPS) is 30.6. The van der Waals surface area contributed by atoms with E-state index in [4.69, 9.17) is 4.74 Å². The molecule has 0 aromatic rings. The molecule has 20 heavy (non-hydrogen) atoms. The van der Waals surface area contributed by atoms with Gasteiger partial charge in [0, 0.05) is 43.7 Å². The SMILES string of the molecule is CC(C)(C)NCC1(CN2CCC(O)CC2)CCCOC1. The minimum atomic E-state index is -0.0856. The van der Waals surface area contributed by atoms with E-state index in [0.717, 1.165) is 52.2 Å². The Bertz CT molecular complexity index is 287. The molecule has 2 saturated heterocycles. The molecule has 2 heterocycles. The van der Waals surface area contributed by atoms with E-state index >= 15 is 0 Å². The van der Waals surface area contributed by atoms with Gasteiger partial charge in [-0.05, 0) is 46.5 Å². The summed E-state index contributed by atoms with van der Waals surface area (Å²) in [4.78, 5) is 2.52. The van der Waals surface area contributed by atoms with Crippen LogP contribution in [0.2, 0.25) is 0 Å². The molecule has 2 N–H and O–H groups in total. The summed E-state index contributed by atoms with van der Waals surface area (Å²) in [5.74, 6) is 0. The van der Waals surface area contributed by atoms with E-state index in [1.807, 2.05) is 0 Å². The highest BCUT2D eigenvalue weighted by Crippen LogP contribution is 2.30. The predicted molar refractivity (Wildman–Crippen MR) is 81.9 cm³/mol. The molecular formula is C16H32N2O2. The second-order valence-corrected chi connectivity index (χ2v) is 7.77. The first-order valence-corrected chi connectivity index (χ1v) is 8.12. The molecule has 0 aromatic heterocycles. The Morgan fingerprint density at radius 3 is 2.55 bits per heavy atom. The van der Waals surface area contributed by atoms with Crippen LogP contribution in [0.1, 0.15) is 46.5 Å². The fraction of sp³-hybridized carbons (Fsp3) is 1.00. The largest absolute Gasteiger partial charge is 0.393 e. The fourth-order valence-corrected chi connectivity index (χ4v) is 3.23. The van der Waals surface area contributed by atoms with Gasteiger partial charge in [-0.3, -0.25) is 0 Å². The minimum absolute atomic E-state index is 0.0856. The highest BCUT2D eigenvalue weighted by Gasteiger charge is 2.36. The number of hydrogen-bond donors (Lipinski definition) is 2. The third-order valence-electron chi connectivity index (χ3n) is 4.51. The van der Waals surface area contributed by atoms with Crippen molar-refractivity contribution in [3.8, 4) is 0 Å². The standard InChI is InChI=1S/C16H32N2O2/c1-15(2,3)17-11-16(7-4-10-20-13-16)12-18-8-5-14(19)6-9-18/h14,17,19H,4-13H2,1-3H3. The van der Waals surface area contributed by atoms with E-state index in [2.05, 4.69) is 31.0 Å². The summed E-state index contributed by atoms with van der Waals surface area (Å²) in [7, 11) is 0. The van der Waals surface area contributed by atoms with Crippen LogP contribution in [0.15, 0.2) is 0 Å². The first kappa shape index (κ1) is 16.2. The van der Waals surface area contributed by atoms with Crippen LogP contribution in [-0.2, 0) is 4.74 Å². The van der Waals surface area contributed by atoms with Gasteiger partial charge >= 0.3 is 0 Å². The summed E-state index contributed by atoms with van der Waals surface area (Å²) in [6, 6.07) is 0. The van der Waals surface area contributed by atoms with Crippen LogP contribution in [0.4, 0.5) is 0 Å². The maximum absolute atomic E-state index is 9.64. The number of rotatable bonds is 4. The maximum Gasteiger partial charge on any atom is 0.0564 e. The quantitative estimate of drug-likeness (QED) is 0.823. The Hall–Kier alpha value is -0.160. The molecule has 0 aromatic carbocycles. The van der Waals surface area contributed by atoms with Crippen molar-refractivity contribution >= 4 is 0 Å². The summed E-state index contributed by atoms with van der Waals surface area (Å²) in [6.07, 6.45) is 4.17. The summed E-state index contributed by atoms with van der Waals surface area (Å²) >= 11 is 0. The molecule has 2 rings (SSSR count). The van der Waals surface area contributed by atoms with E-state index in [1.54, 1.807) is 0 Å². The number of aliphatic hydroxyl groups is 1. The number of ether oxygens (including phenoxy) is 1. The Balaban J connectivity index is 1.92. The van der Waals surface area contributed by atoms with Crippen molar-refractivity contribution in [3.63, 3.8) is 0 Å². The van der Waals surface area contributed by atoms with Crippen molar-refractivity contribution in [2.45, 2.75) is 58.1 Å². The average Bonchev–Trinajstić information content (AvgIpc) is 2.40. The summed E-state index contributed by atoms with van der Waals surface area (Å²) in [6.45, 7) is 12.6. The van der Waals surface area contributed by atoms with Crippen molar-refractivity contribution in [3.05, 3.63) is 0 Å². The molecule has 0 spiro atoms. The highest BCUT2D eigenvalue weighted by molar-refractivity contribution is 4.90. The van der Waals surface area contributed by atoms with Crippen LogP contribution >= 0.6 is 0 Å². The predicted octanol–water partition coefficient (Wildman–Crippen LogP) is 1.63. The summed E-state index contributed by atoms with van der Waals surface area (Å²) in [5, 5.41) is 13.3. The lowest BCUT2D eigenvalue weighted by atomic mass is 9.80. The summed E-state index contributed by atoms with van der Waals surface area (Å²) in [5.41, 5.74) is 0.399. The van der Waals surface area contributed by atoms with Gasteiger partial charge in [-0.25, -0.2) is 0 Å². The highest BCUT2D eigenvalue weighted by atomic mass is 16.5. The lowest BCUT2D eigenvalue weighted by Crippen LogP contribution is -2.53. The van der Waals surface area contributed by atoms with Gasteiger partial charge in [0.15, 0.2) is 0 Å². The van der Waals surface area contributed by atoms with E-state index < -0.39 is 0 Å². The van der Waals surface area contributed by atoms with Crippen LogP contribution in [-0.4, -0.2) is 61.0 Å². The van der Waals surface area contributed by atoms with Gasteiger partial charge in [0.25, 0.3) is 0 Å². The number of likely N-dealkylation sites (tertiary alicyclic amines) is 1. The molecule has 0 saturated carbocycles. The van der Waals surface area contributed by atoms with Gasteiger partial charge < -0.3 is 20.1 Å². The van der Waals surface area contributed by atoms with Crippen molar-refractivity contribution in [2.24, 2.45) is 5.41 Å². The van der Waals surface area contributed by atoms with Gasteiger partial charge in [-0.15, -0.1) is 0 Å². The number of nitrogens with one attached hydrogen (secondary N) is 1. The van der Waals surface area contributed by atoms with Crippen molar-refractivity contribution < 1.29 is 9.84 Å². The van der Waals surface area contributed by atoms with Gasteiger partial charge in [-0.2, -0.15) is 0 Å². The van der Waals surface area contributed by atoms with Gasteiger partial charge in [0.05, 0.1) is 12.7 Å². The maximum atomic E-state index is 9.64. The number of piperidine rings is 1. The molecular weight excluding hydrogens is 252 g/mol. The molecule has 1 atom stereocenters. The van der Waals surface area contributed by atoms with Crippen molar-refractivity contribution in [1.82, 2.24) is 10.2 Å². The number of nitrogens with zero attached hydrogens (tertiary/aromatic N) is 1. The lowest BCUT2D eigenvalue weighted by Gasteiger charge is -2.44. The third kappa shape index (κ3) is 4.99. The van der Waals surface area contributed by atoms with E-state index in [9.17, 15) is 5.11 Å². The van der Waals surface area contributed by atoms with Crippen LogP contribution in [0.25, 0.3) is 0 Å². The second-order valence-electron chi connectivity index (χ2n) is 7.77. The molecule has 2 aliphatic rings. The van der Waals surface area contributed by atoms with Crippen LogP contribution in [0.5, 0.6) is 0 Å². The Morgan fingerprint density at radius 2 is 2.00 bits per heavy atom. The Morgan fingerprint density at radius 1 is 1.30 bits per heavy atom. The van der Waals surface area contributed by atoms with Crippen molar-refractivity contribution in [2.75, 3.05) is 39.4 Å². The van der Waals surface area contributed by atoms with Crippen LogP contribution < -0.4 is 5.32 Å². The minimum Gasteiger partial charge on any atom is -0.393 e. The first-order chi connectivity index (χ1) is 9.39. The molecule has 0 amide bonds. The van der Waals surface area contributed by atoms with Crippen molar-refractivity contribution in [1.29, 1.82) is 0 Å². The van der Waals surface area contributed by atoms with Gasteiger partial charge in [0.2, 0.25) is 0 Å². The topological polar surface area (TPSA) is 44.7 Å². The molecule has 1 unspecified atom stereocenters. The van der Waals surface area contributed by atoms with Gasteiger partial charge in [0.1, 0.15) is 0 Å².